The van der Waals surface area contributed by atoms with E-state index >= 15 is 0 Å². The first-order valence-electron chi connectivity index (χ1n) is 14.8. The van der Waals surface area contributed by atoms with Gasteiger partial charge in [0.15, 0.2) is 0 Å². The standard InChI is InChI=1S/C33H45FN2O4/c1-6-40-32(39)23-17-15-22(16-18-23)29-26(30(37)35-25-12-8-11-24(20-25)33(3,4)5)13-9-19-36(29)31(38)28-21(2)10-7-14-27(28)34/h7-8,10-12,14,20,22-23,26,29-30,35,37H,6,9,13,15-19H2,1-5H3/t22?,23?,26-,29-,30?/m0/s1. The van der Waals surface area contributed by atoms with Crippen LogP contribution in [0, 0.1) is 30.5 Å². The van der Waals surface area contributed by atoms with Gasteiger partial charge in [0.1, 0.15) is 12.0 Å². The molecule has 2 N–H and O–H groups in total. The third-order valence-corrected chi connectivity index (χ3v) is 8.76. The number of nitrogens with zero attached hydrogens (tertiary/aromatic N) is 1. The Morgan fingerprint density at radius 1 is 1.10 bits per heavy atom. The molecule has 218 valence electrons. The maximum atomic E-state index is 15.0. The summed E-state index contributed by atoms with van der Waals surface area (Å²) in [5.41, 5.74) is 2.67. The first-order chi connectivity index (χ1) is 19.0. The molecular weight excluding hydrogens is 507 g/mol. The van der Waals surface area contributed by atoms with E-state index < -0.39 is 12.0 Å². The number of halogens is 1. The fourth-order valence-electron chi connectivity index (χ4n) is 6.59. The first kappa shape index (κ1) is 30.0. The fraction of sp³-hybridized carbons (Fsp3) is 0.576. The molecule has 2 fully saturated rings. The number of hydrogen-bond donors (Lipinski definition) is 2. The number of hydrogen-bond acceptors (Lipinski definition) is 5. The van der Waals surface area contributed by atoms with Gasteiger partial charge in [0.05, 0.1) is 18.1 Å². The van der Waals surface area contributed by atoms with Gasteiger partial charge in [0, 0.05) is 24.2 Å². The average Bonchev–Trinajstić information content (AvgIpc) is 2.92. The van der Waals surface area contributed by atoms with Crippen LogP contribution in [0.5, 0.6) is 0 Å². The van der Waals surface area contributed by atoms with Crippen LogP contribution in [-0.4, -0.2) is 47.3 Å². The number of carbonyl (C=O) groups excluding carboxylic acids is 2. The van der Waals surface area contributed by atoms with E-state index in [1.807, 2.05) is 24.0 Å². The zero-order chi connectivity index (χ0) is 29.0. The zero-order valence-corrected chi connectivity index (χ0v) is 24.6. The number of rotatable bonds is 7. The van der Waals surface area contributed by atoms with Gasteiger partial charge in [-0.15, -0.1) is 0 Å². The summed E-state index contributed by atoms with van der Waals surface area (Å²) in [5, 5.41) is 14.9. The third-order valence-electron chi connectivity index (χ3n) is 8.76. The summed E-state index contributed by atoms with van der Waals surface area (Å²) in [7, 11) is 0. The number of ether oxygens (including phenoxy) is 1. The van der Waals surface area contributed by atoms with Gasteiger partial charge in [-0.1, -0.05) is 45.0 Å². The predicted octanol–water partition coefficient (Wildman–Crippen LogP) is 6.45. The molecule has 2 aliphatic rings. The fourth-order valence-corrected chi connectivity index (χ4v) is 6.59. The molecular formula is C33H45FN2O4. The van der Waals surface area contributed by atoms with E-state index in [1.165, 1.54) is 6.07 Å². The molecule has 0 bridgehead atoms. The summed E-state index contributed by atoms with van der Waals surface area (Å²) < 4.78 is 20.2. The predicted molar refractivity (Wildman–Crippen MR) is 156 cm³/mol. The van der Waals surface area contributed by atoms with Crippen LogP contribution in [0.15, 0.2) is 42.5 Å². The summed E-state index contributed by atoms with van der Waals surface area (Å²) in [4.78, 5) is 28.2. The second-order valence-electron chi connectivity index (χ2n) is 12.5. The molecule has 6 nitrogen and oxygen atoms in total. The molecule has 1 saturated heterocycles. The lowest BCUT2D eigenvalue weighted by atomic mass is 9.71. The van der Waals surface area contributed by atoms with E-state index in [0.29, 0.717) is 31.6 Å². The van der Waals surface area contributed by atoms with Crippen molar-refractivity contribution < 1.29 is 23.8 Å². The van der Waals surface area contributed by atoms with Crippen LogP contribution in [-0.2, 0) is 14.9 Å². The van der Waals surface area contributed by atoms with Crippen molar-refractivity contribution in [3.05, 3.63) is 65.0 Å². The second-order valence-corrected chi connectivity index (χ2v) is 12.5. The highest BCUT2D eigenvalue weighted by Gasteiger charge is 2.45. The van der Waals surface area contributed by atoms with Gasteiger partial charge in [-0.05, 0) is 93.0 Å². The maximum absolute atomic E-state index is 15.0. The number of aliphatic hydroxyl groups excluding tert-OH is 1. The molecule has 0 spiro atoms. The number of likely N-dealkylation sites (tertiary alicyclic amines) is 1. The molecule has 1 aliphatic heterocycles. The van der Waals surface area contributed by atoms with Crippen LogP contribution in [0.1, 0.15) is 87.7 Å². The summed E-state index contributed by atoms with van der Waals surface area (Å²) >= 11 is 0. The number of amides is 1. The van der Waals surface area contributed by atoms with Gasteiger partial charge in [0.25, 0.3) is 5.91 Å². The monoisotopic (exact) mass is 552 g/mol. The average molecular weight is 553 g/mol. The Labute approximate surface area is 238 Å². The smallest absolute Gasteiger partial charge is 0.308 e. The Balaban J connectivity index is 1.62. The Hall–Kier alpha value is -2.93. The van der Waals surface area contributed by atoms with Gasteiger partial charge in [-0.25, -0.2) is 4.39 Å². The minimum absolute atomic E-state index is 0.0333. The largest absolute Gasteiger partial charge is 0.466 e. The van der Waals surface area contributed by atoms with Crippen LogP contribution < -0.4 is 5.32 Å². The number of nitrogens with one attached hydrogen (secondary N) is 1. The summed E-state index contributed by atoms with van der Waals surface area (Å²) in [6.07, 6.45) is 3.44. The van der Waals surface area contributed by atoms with Crippen LogP contribution >= 0.6 is 0 Å². The van der Waals surface area contributed by atoms with Crippen molar-refractivity contribution in [1.29, 1.82) is 0 Å². The lowest BCUT2D eigenvalue weighted by molar-refractivity contribution is -0.149. The van der Waals surface area contributed by atoms with Gasteiger partial charge in [-0.2, -0.15) is 0 Å². The number of aryl methyl sites for hydroxylation is 1. The number of carbonyl (C=O) groups is 2. The van der Waals surface area contributed by atoms with E-state index in [9.17, 15) is 19.1 Å². The van der Waals surface area contributed by atoms with Crippen molar-refractivity contribution in [2.75, 3.05) is 18.5 Å². The molecule has 1 saturated carbocycles. The molecule has 0 aromatic heterocycles. The Kier molecular flexibility index (Phi) is 9.55. The van der Waals surface area contributed by atoms with Gasteiger partial charge >= 0.3 is 5.97 Å². The molecule has 7 heteroatoms. The van der Waals surface area contributed by atoms with E-state index in [2.05, 4.69) is 38.2 Å². The van der Waals surface area contributed by atoms with E-state index in [-0.39, 0.29) is 46.7 Å². The summed E-state index contributed by atoms with van der Waals surface area (Å²) in [5.74, 6) is -1.29. The topological polar surface area (TPSA) is 78.9 Å². The Morgan fingerprint density at radius 3 is 2.45 bits per heavy atom. The quantitative estimate of drug-likeness (QED) is 0.305. The van der Waals surface area contributed by atoms with Crippen LogP contribution in [0.25, 0.3) is 0 Å². The summed E-state index contributed by atoms with van der Waals surface area (Å²) in [6.45, 7) is 10.9. The highest BCUT2D eigenvalue weighted by molar-refractivity contribution is 5.96. The molecule has 1 amide bonds. The zero-order valence-electron chi connectivity index (χ0n) is 24.6. The lowest BCUT2D eigenvalue weighted by Gasteiger charge is -2.48. The third kappa shape index (κ3) is 6.68. The number of benzene rings is 2. The minimum atomic E-state index is -0.889. The van der Waals surface area contributed by atoms with Crippen molar-refractivity contribution >= 4 is 17.6 Å². The van der Waals surface area contributed by atoms with Crippen LogP contribution in [0.2, 0.25) is 0 Å². The molecule has 0 radical (unpaired) electrons. The van der Waals surface area contributed by atoms with Crippen molar-refractivity contribution in [1.82, 2.24) is 4.90 Å². The highest BCUT2D eigenvalue weighted by atomic mass is 19.1. The molecule has 1 heterocycles. The number of esters is 1. The molecule has 1 unspecified atom stereocenters. The van der Waals surface area contributed by atoms with Crippen molar-refractivity contribution in [3.63, 3.8) is 0 Å². The molecule has 2 aromatic rings. The summed E-state index contributed by atoms with van der Waals surface area (Å²) in [6, 6.07) is 12.5. The van der Waals surface area contributed by atoms with E-state index in [4.69, 9.17) is 4.74 Å². The minimum Gasteiger partial charge on any atom is -0.466 e. The Bertz CT molecular complexity index is 1160. The number of piperidine rings is 1. The second kappa shape index (κ2) is 12.7. The molecule has 40 heavy (non-hydrogen) atoms. The van der Waals surface area contributed by atoms with Gasteiger partial charge in [0.2, 0.25) is 0 Å². The molecule has 3 atom stereocenters. The first-order valence-corrected chi connectivity index (χ1v) is 14.8. The lowest BCUT2D eigenvalue weighted by Crippen LogP contribution is -2.57. The van der Waals surface area contributed by atoms with Crippen LogP contribution in [0.4, 0.5) is 10.1 Å². The van der Waals surface area contributed by atoms with Gasteiger partial charge < -0.3 is 20.1 Å². The normalized spacial score (nSPS) is 24.3. The number of aliphatic hydroxyl groups is 1. The molecule has 1 aliphatic carbocycles. The number of anilines is 1. The van der Waals surface area contributed by atoms with Crippen molar-refractivity contribution in [3.8, 4) is 0 Å². The van der Waals surface area contributed by atoms with E-state index in [1.54, 1.807) is 19.1 Å². The van der Waals surface area contributed by atoms with Crippen LogP contribution in [0.3, 0.4) is 0 Å². The van der Waals surface area contributed by atoms with Crippen molar-refractivity contribution in [2.24, 2.45) is 17.8 Å². The molecule has 4 rings (SSSR count). The van der Waals surface area contributed by atoms with E-state index in [0.717, 1.165) is 36.9 Å². The SMILES string of the molecule is CCOC(=O)C1CCC([C@H]2[C@@H](C(O)Nc3cccc(C(C)(C)C)c3)CCCN2C(=O)c2c(C)cccc2F)CC1. The van der Waals surface area contributed by atoms with Crippen molar-refractivity contribution in [2.45, 2.75) is 90.8 Å². The highest BCUT2D eigenvalue weighted by Crippen LogP contribution is 2.41. The van der Waals surface area contributed by atoms with Gasteiger partial charge in [-0.3, -0.25) is 9.59 Å². The maximum Gasteiger partial charge on any atom is 0.308 e. The Morgan fingerprint density at radius 2 is 1.80 bits per heavy atom. The molecule has 2 aromatic carbocycles.